The lowest BCUT2D eigenvalue weighted by Crippen LogP contribution is -2.17. The number of aromatic nitrogens is 1. The van der Waals surface area contributed by atoms with Crippen molar-refractivity contribution < 1.29 is 18.0 Å². The molecule has 0 bridgehead atoms. The van der Waals surface area contributed by atoms with E-state index in [1.165, 1.54) is 6.07 Å². The highest BCUT2D eigenvalue weighted by molar-refractivity contribution is 9.10. The first-order valence-electron chi connectivity index (χ1n) is 6.83. The zero-order chi connectivity index (χ0) is 17.2. The van der Waals surface area contributed by atoms with Crippen molar-refractivity contribution in [1.29, 1.82) is 0 Å². The monoisotopic (exact) mass is 389 g/mol. The molecule has 1 aromatic carbocycles. The first-order valence-corrected chi connectivity index (χ1v) is 7.62. The van der Waals surface area contributed by atoms with Gasteiger partial charge in [-0.25, -0.2) is 0 Å². The Morgan fingerprint density at radius 3 is 2.57 bits per heavy atom. The van der Waals surface area contributed by atoms with Gasteiger partial charge in [-0.2, -0.15) is 13.2 Å². The summed E-state index contributed by atoms with van der Waals surface area (Å²) in [6, 6.07) is 4.91. The average Bonchev–Trinajstić information content (AvgIpc) is 2.87. The Hall–Kier alpha value is -1.80. The van der Waals surface area contributed by atoms with Crippen molar-refractivity contribution in [2.45, 2.75) is 26.2 Å². The minimum absolute atomic E-state index is 0.0519. The zero-order valence-electron chi connectivity index (χ0n) is 12.2. The van der Waals surface area contributed by atoms with Crippen LogP contribution >= 0.6 is 15.9 Å². The molecule has 0 radical (unpaired) electrons. The summed E-state index contributed by atoms with van der Waals surface area (Å²) in [6.07, 6.45) is -2.77. The average molecular weight is 390 g/mol. The number of alkyl halides is 3. The molecule has 23 heavy (non-hydrogen) atoms. The molecule has 0 spiro atoms. The van der Waals surface area contributed by atoms with Gasteiger partial charge in [0.05, 0.1) is 5.56 Å². The molecule has 0 aliphatic carbocycles. The number of rotatable bonds is 4. The standard InChI is InChI=1S/C15H15BrF3N3O/c1-2-22-8-11(16)6-13(22)14(23)21-12-4-9(7-20)3-10(5-12)15(17,18)19/h3-6,8H,2,7,20H2,1H3,(H,21,23). The smallest absolute Gasteiger partial charge is 0.343 e. The number of aryl methyl sites for hydroxylation is 1. The van der Waals surface area contributed by atoms with Gasteiger partial charge in [-0.3, -0.25) is 4.79 Å². The first-order chi connectivity index (χ1) is 10.7. The minimum atomic E-state index is -4.50. The van der Waals surface area contributed by atoms with Crippen LogP contribution in [0.4, 0.5) is 18.9 Å². The lowest BCUT2D eigenvalue weighted by molar-refractivity contribution is -0.137. The van der Waals surface area contributed by atoms with E-state index < -0.39 is 17.6 Å². The minimum Gasteiger partial charge on any atom is -0.343 e. The molecule has 1 aromatic heterocycles. The first kappa shape index (κ1) is 17.6. The largest absolute Gasteiger partial charge is 0.416 e. The van der Waals surface area contributed by atoms with Gasteiger partial charge in [0.2, 0.25) is 0 Å². The molecule has 4 nitrogen and oxygen atoms in total. The van der Waals surface area contributed by atoms with Crippen LogP contribution in [0, 0.1) is 0 Å². The summed E-state index contributed by atoms with van der Waals surface area (Å²) >= 11 is 3.27. The van der Waals surface area contributed by atoms with Crippen molar-refractivity contribution >= 4 is 27.5 Å². The quantitative estimate of drug-likeness (QED) is 0.829. The van der Waals surface area contributed by atoms with Gasteiger partial charge in [0.1, 0.15) is 5.69 Å². The molecule has 2 aromatic rings. The highest BCUT2D eigenvalue weighted by Gasteiger charge is 2.31. The van der Waals surface area contributed by atoms with Crippen LogP contribution < -0.4 is 11.1 Å². The number of nitrogens with one attached hydrogen (secondary N) is 1. The van der Waals surface area contributed by atoms with Crippen LogP contribution in [0.15, 0.2) is 34.9 Å². The van der Waals surface area contributed by atoms with E-state index in [4.69, 9.17) is 5.73 Å². The number of carbonyl (C=O) groups excluding carboxylic acids is 1. The maximum atomic E-state index is 12.9. The Bertz CT molecular complexity index is 725. The third-order valence-electron chi connectivity index (χ3n) is 3.25. The summed E-state index contributed by atoms with van der Waals surface area (Å²) in [5.74, 6) is -0.486. The van der Waals surface area contributed by atoms with Crippen molar-refractivity contribution in [3.8, 4) is 0 Å². The number of carbonyl (C=O) groups is 1. The van der Waals surface area contributed by atoms with Gasteiger partial charge in [-0.15, -0.1) is 0 Å². The van der Waals surface area contributed by atoms with Gasteiger partial charge < -0.3 is 15.6 Å². The number of hydrogen-bond acceptors (Lipinski definition) is 2. The topological polar surface area (TPSA) is 60.0 Å². The summed E-state index contributed by atoms with van der Waals surface area (Å²) in [4.78, 5) is 12.3. The highest BCUT2D eigenvalue weighted by atomic mass is 79.9. The fourth-order valence-corrected chi connectivity index (χ4v) is 2.63. The summed E-state index contributed by atoms with van der Waals surface area (Å²) in [7, 11) is 0. The second-order valence-corrected chi connectivity index (χ2v) is 5.82. The zero-order valence-corrected chi connectivity index (χ0v) is 13.8. The van der Waals surface area contributed by atoms with E-state index in [0.717, 1.165) is 16.6 Å². The molecule has 0 aliphatic rings. The number of amides is 1. The SMILES string of the molecule is CCn1cc(Br)cc1C(=O)Nc1cc(CN)cc(C(F)(F)F)c1. The van der Waals surface area contributed by atoms with Gasteiger partial charge in [0.25, 0.3) is 5.91 Å². The van der Waals surface area contributed by atoms with Crippen LogP contribution in [0.3, 0.4) is 0 Å². The summed E-state index contributed by atoms with van der Waals surface area (Å²) in [5, 5.41) is 2.50. The number of anilines is 1. The molecule has 3 N–H and O–H groups in total. The highest BCUT2D eigenvalue weighted by Crippen LogP contribution is 2.32. The summed E-state index contributed by atoms with van der Waals surface area (Å²) < 4.78 is 41.1. The predicted molar refractivity (Wildman–Crippen MR) is 85.1 cm³/mol. The maximum absolute atomic E-state index is 12.9. The van der Waals surface area contributed by atoms with E-state index in [1.54, 1.807) is 16.8 Å². The molecule has 1 amide bonds. The molecular weight excluding hydrogens is 375 g/mol. The van der Waals surface area contributed by atoms with Gasteiger partial charge in [0, 0.05) is 29.4 Å². The van der Waals surface area contributed by atoms with Gasteiger partial charge in [0.15, 0.2) is 0 Å². The lowest BCUT2D eigenvalue weighted by Gasteiger charge is -2.13. The van der Waals surface area contributed by atoms with Gasteiger partial charge in [-0.05, 0) is 52.7 Å². The van der Waals surface area contributed by atoms with E-state index in [2.05, 4.69) is 21.2 Å². The Morgan fingerprint density at radius 1 is 1.30 bits per heavy atom. The Balaban J connectivity index is 2.33. The van der Waals surface area contributed by atoms with E-state index >= 15 is 0 Å². The fourth-order valence-electron chi connectivity index (χ4n) is 2.17. The second kappa shape index (κ2) is 6.76. The predicted octanol–water partition coefficient (Wildman–Crippen LogP) is 4.00. The maximum Gasteiger partial charge on any atom is 0.416 e. The third kappa shape index (κ3) is 4.14. The van der Waals surface area contributed by atoms with Crippen LogP contribution in [0.5, 0.6) is 0 Å². The van der Waals surface area contributed by atoms with E-state index in [9.17, 15) is 18.0 Å². The van der Waals surface area contributed by atoms with Crippen LogP contribution in [-0.4, -0.2) is 10.5 Å². The summed E-state index contributed by atoms with van der Waals surface area (Å²) in [6.45, 7) is 2.37. The Kier molecular flexibility index (Phi) is 5.16. The molecule has 0 fully saturated rings. The normalized spacial score (nSPS) is 11.6. The third-order valence-corrected chi connectivity index (χ3v) is 3.68. The molecule has 0 atom stereocenters. The molecule has 2 rings (SSSR count). The van der Waals surface area contributed by atoms with E-state index in [-0.39, 0.29) is 12.2 Å². The van der Waals surface area contributed by atoms with Crippen molar-refractivity contribution in [2.75, 3.05) is 5.32 Å². The molecule has 1 heterocycles. The number of halogens is 4. The fraction of sp³-hybridized carbons (Fsp3) is 0.267. The van der Waals surface area contributed by atoms with Crippen molar-refractivity contribution in [3.63, 3.8) is 0 Å². The van der Waals surface area contributed by atoms with Crippen molar-refractivity contribution in [3.05, 3.63) is 51.8 Å². The van der Waals surface area contributed by atoms with E-state index in [0.29, 0.717) is 17.8 Å². The van der Waals surface area contributed by atoms with Crippen molar-refractivity contribution in [1.82, 2.24) is 4.57 Å². The van der Waals surface area contributed by atoms with Crippen LogP contribution in [0.25, 0.3) is 0 Å². The van der Waals surface area contributed by atoms with Crippen LogP contribution in [0.2, 0.25) is 0 Å². The summed E-state index contributed by atoms with van der Waals surface area (Å²) in [5.41, 5.74) is 5.29. The second-order valence-electron chi connectivity index (χ2n) is 4.90. The number of nitrogens with two attached hydrogens (primary N) is 1. The molecule has 0 unspecified atom stereocenters. The number of benzene rings is 1. The van der Waals surface area contributed by atoms with Crippen molar-refractivity contribution in [2.24, 2.45) is 5.73 Å². The molecule has 124 valence electrons. The van der Waals surface area contributed by atoms with E-state index in [1.807, 2.05) is 6.92 Å². The molecule has 0 aliphatic heterocycles. The van der Waals surface area contributed by atoms with Gasteiger partial charge >= 0.3 is 6.18 Å². The number of nitrogens with zero attached hydrogens (tertiary/aromatic N) is 1. The van der Waals surface area contributed by atoms with Crippen LogP contribution in [0.1, 0.15) is 28.5 Å². The molecule has 8 heteroatoms. The van der Waals surface area contributed by atoms with Crippen LogP contribution in [-0.2, 0) is 19.3 Å². The Labute approximate surface area is 139 Å². The molecular formula is C15H15BrF3N3O. The molecule has 0 saturated heterocycles. The molecule has 0 saturated carbocycles. The van der Waals surface area contributed by atoms with Gasteiger partial charge in [-0.1, -0.05) is 0 Å². The number of hydrogen-bond donors (Lipinski definition) is 2. The Morgan fingerprint density at radius 2 is 2.00 bits per heavy atom. The lowest BCUT2D eigenvalue weighted by atomic mass is 10.1.